The van der Waals surface area contributed by atoms with Crippen LogP contribution in [0.3, 0.4) is 0 Å². The van der Waals surface area contributed by atoms with Crippen molar-refractivity contribution in [3.8, 4) is 0 Å². The Morgan fingerprint density at radius 1 is 1.06 bits per heavy atom. The lowest BCUT2D eigenvalue weighted by molar-refractivity contribution is 0.0433. The van der Waals surface area contributed by atoms with Gasteiger partial charge in [-0.3, -0.25) is 0 Å². The predicted octanol–water partition coefficient (Wildman–Crippen LogP) is 3.00. The molecule has 0 atom stereocenters. The third-order valence-corrected chi connectivity index (χ3v) is 4.01. The van der Waals surface area contributed by atoms with Gasteiger partial charge in [-0.15, -0.1) is 0 Å². The second-order valence-corrected chi connectivity index (χ2v) is 5.18. The van der Waals surface area contributed by atoms with Crippen LogP contribution >= 0.6 is 0 Å². The first-order chi connectivity index (χ1) is 8.49. The maximum absolute atomic E-state index is 11.7. The molecule has 0 saturated carbocycles. The van der Waals surface area contributed by atoms with Crippen molar-refractivity contribution in [2.75, 3.05) is 6.61 Å². The summed E-state index contributed by atoms with van der Waals surface area (Å²) in [6.07, 6.45) is 1.11. The van der Waals surface area contributed by atoms with Crippen LogP contribution in [0.5, 0.6) is 0 Å². The Morgan fingerprint density at radius 2 is 1.61 bits per heavy atom. The summed E-state index contributed by atoms with van der Waals surface area (Å²) in [7, 11) is -3.96. The van der Waals surface area contributed by atoms with Gasteiger partial charge in [-0.1, -0.05) is 44.2 Å². The molecule has 0 fully saturated rings. The minimum atomic E-state index is -3.96. The number of rotatable bonds is 7. The van der Waals surface area contributed by atoms with Gasteiger partial charge in [-0.2, -0.15) is 8.42 Å². The zero-order chi connectivity index (χ0) is 13.6. The van der Waals surface area contributed by atoms with Crippen molar-refractivity contribution in [3.63, 3.8) is 0 Å². The lowest BCUT2D eigenvalue weighted by atomic mass is 9.89. The Balaban J connectivity index is 3.09. The molecule has 0 saturated heterocycles. The first kappa shape index (κ1) is 15.1. The molecule has 4 nitrogen and oxygen atoms in total. The SMILES string of the molecule is CCOS(=O)(=O)OC(CC)(CC)c1ccccc1. The van der Waals surface area contributed by atoms with E-state index in [1.807, 2.05) is 44.2 Å². The maximum Gasteiger partial charge on any atom is 0.400 e. The van der Waals surface area contributed by atoms with E-state index in [0.29, 0.717) is 12.8 Å². The van der Waals surface area contributed by atoms with E-state index in [0.717, 1.165) is 5.56 Å². The fourth-order valence-electron chi connectivity index (χ4n) is 1.93. The van der Waals surface area contributed by atoms with E-state index >= 15 is 0 Å². The van der Waals surface area contributed by atoms with E-state index in [1.54, 1.807) is 6.92 Å². The summed E-state index contributed by atoms with van der Waals surface area (Å²) in [5.41, 5.74) is -0.00629. The molecule has 0 aliphatic carbocycles. The molecule has 1 rings (SSSR count). The van der Waals surface area contributed by atoms with E-state index in [1.165, 1.54) is 0 Å². The molecule has 0 spiro atoms. The molecule has 0 aromatic heterocycles. The summed E-state index contributed by atoms with van der Waals surface area (Å²) < 4.78 is 33.3. The van der Waals surface area contributed by atoms with Gasteiger partial charge in [0.2, 0.25) is 0 Å². The minimum Gasteiger partial charge on any atom is -0.248 e. The van der Waals surface area contributed by atoms with Crippen LogP contribution in [0.25, 0.3) is 0 Å². The van der Waals surface area contributed by atoms with E-state index in [4.69, 9.17) is 4.18 Å². The van der Waals surface area contributed by atoms with Gasteiger partial charge in [-0.25, -0.2) is 8.37 Å². The van der Waals surface area contributed by atoms with Crippen molar-refractivity contribution >= 4 is 10.4 Å². The Morgan fingerprint density at radius 3 is 2.06 bits per heavy atom. The van der Waals surface area contributed by atoms with Crippen LogP contribution < -0.4 is 0 Å². The maximum atomic E-state index is 11.7. The Hall–Kier alpha value is -0.910. The van der Waals surface area contributed by atoms with Gasteiger partial charge in [0.15, 0.2) is 0 Å². The van der Waals surface area contributed by atoms with Crippen LogP contribution in [0.1, 0.15) is 39.2 Å². The van der Waals surface area contributed by atoms with Crippen LogP contribution in [-0.2, 0) is 24.4 Å². The Bertz CT molecular complexity index is 449. The van der Waals surface area contributed by atoms with E-state index in [9.17, 15) is 8.42 Å². The lowest BCUT2D eigenvalue weighted by Gasteiger charge is -2.30. The fraction of sp³-hybridized carbons (Fsp3) is 0.538. The molecular formula is C13H20O4S. The van der Waals surface area contributed by atoms with Crippen molar-refractivity contribution in [2.24, 2.45) is 0 Å². The zero-order valence-electron chi connectivity index (χ0n) is 11.0. The molecule has 18 heavy (non-hydrogen) atoms. The molecule has 0 bridgehead atoms. The second-order valence-electron chi connectivity index (χ2n) is 3.97. The van der Waals surface area contributed by atoms with Crippen LogP contribution in [0.4, 0.5) is 0 Å². The van der Waals surface area contributed by atoms with E-state index < -0.39 is 16.0 Å². The standard InChI is InChI=1S/C13H20O4S/c1-4-13(5-2,12-10-8-7-9-11-12)17-18(14,15)16-6-3/h7-11H,4-6H2,1-3H3. The first-order valence-corrected chi connectivity index (χ1v) is 7.48. The van der Waals surface area contributed by atoms with Gasteiger partial charge in [-0.05, 0) is 25.3 Å². The Labute approximate surface area is 109 Å². The third-order valence-electron chi connectivity index (χ3n) is 2.97. The van der Waals surface area contributed by atoms with Crippen molar-refractivity contribution in [3.05, 3.63) is 35.9 Å². The van der Waals surface area contributed by atoms with E-state index in [-0.39, 0.29) is 6.61 Å². The fourth-order valence-corrected chi connectivity index (χ4v) is 2.99. The molecule has 1 aromatic carbocycles. The largest absolute Gasteiger partial charge is 0.400 e. The predicted molar refractivity (Wildman–Crippen MR) is 70.3 cm³/mol. The molecule has 0 amide bonds. The van der Waals surface area contributed by atoms with Crippen molar-refractivity contribution in [2.45, 2.75) is 39.2 Å². The highest BCUT2D eigenvalue weighted by atomic mass is 32.3. The molecule has 0 radical (unpaired) electrons. The summed E-state index contributed by atoms with van der Waals surface area (Å²) in [6, 6.07) is 9.36. The highest BCUT2D eigenvalue weighted by Crippen LogP contribution is 2.34. The van der Waals surface area contributed by atoms with Crippen molar-refractivity contribution in [1.29, 1.82) is 0 Å². The molecule has 0 heterocycles. The van der Waals surface area contributed by atoms with Crippen molar-refractivity contribution < 1.29 is 16.8 Å². The van der Waals surface area contributed by atoms with Gasteiger partial charge >= 0.3 is 10.4 Å². The van der Waals surface area contributed by atoms with Crippen LogP contribution in [0, 0.1) is 0 Å². The normalized spacial score (nSPS) is 12.6. The molecule has 0 unspecified atom stereocenters. The zero-order valence-corrected chi connectivity index (χ0v) is 11.9. The van der Waals surface area contributed by atoms with Crippen LogP contribution in [0.2, 0.25) is 0 Å². The van der Waals surface area contributed by atoms with Gasteiger partial charge in [0, 0.05) is 0 Å². The average molecular weight is 272 g/mol. The number of hydrogen-bond donors (Lipinski definition) is 0. The van der Waals surface area contributed by atoms with Gasteiger partial charge in [0.05, 0.1) is 6.61 Å². The summed E-state index contributed by atoms with van der Waals surface area (Å²) >= 11 is 0. The smallest absolute Gasteiger partial charge is 0.248 e. The van der Waals surface area contributed by atoms with Gasteiger partial charge in [0.25, 0.3) is 0 Å². The molecule has 0 aliphatic rings. The summed E-state index contributed by atoms with van der Waals surface area (Å²) in [5, 5.41) is 0. The average Bonchev–Trinajstić information content (AvgIpc) is 2.37. The molecule has 0 aliphatic heterocycles. The van der Waals surface area contributed by atoms with Crippen LogP contribution in [0.15, 0.2) is 30.3 Å². The van der Waals surface area contributed by atoms with Crippen molar-refractivity contribution in [1.82, 2.24) is 0 Å². The monoisotopic (exact) mass is 272 g/mol. The number of hydrogen-bond acceptors (Lipinski definition) is 4. The topological polar surface area (TPSA) is 52.6 Å². The van der Waals surface area contributed by atoms with Gasteiger partial charge in [0.1, 0.15) is 5.60 Å². The quantitative estimate of drug-likeness (QED) is 0.765. The molecule has 0 N–H and O–H groups in total. The first-order valence-electron chi connectivity index (χ1n) is 6.15. The minimum absolute atomic E-state index is 0.0701. The molecule has 102 valence electrons. The molecule has 5 heteroatoms. The summed E-state index contributed by atoms with van der Waals surface area (Å²) in [6.45, 7) is 5.49. The summed E-state index contributed by atoms with van der Waals surface area (Å²) in [5.74, 6) is 0. The lowest BCUT2D eigenvalue weighted by Crippen LogP contribution is -2.32. The van der Waals surface area contributed by atoms with E-state index in [2.05, 4.69) is 4.18 Å². The van der Waals surface area contributed by atoms with Gasteiger partial charge < -0.3 is 0 Å². The number of benzene rings is 1. The molecular weight excluding hydrogens is 252 g/mol. The summed E-state index contributed by atoms with van der Waals surface area (Å²) in [4.78, 5) is 0. The highest BCUT2D eigenvalue weighted by Gasteiger charge is 2.35. The third kappa shape index (κ3) is 3.54. The highest BCUT2D eigenvalue weighted by molar-refractivity contribution is 7.81. The van der Waals surface area contributed by atoms with Crippen LogP contribution in [-0.4, -0.2) is 15.0 Å². The second kappa shape index (κ2) is 6.31. The Kier molecular flexibility index (Phi) is 5.31. The molecule has 1 aromatic rings.